The summed E-state index contributed by atoms with van der Waals surface area (Å²) in [6.45, 7) is 4.16. The summed E-state index contributed by atoms with van der Waals surface area (Å²) in [4.78, 5) is 14.5. The van der Waals surface area contributed by atoms with Crippen LogP contribution in [0.15, 0.2) is 52.9 Å². The molecule has 3 rings (SSSR count). The Kier molecular flexibility index (Phi) is 6.70. The van der Waals surface area contributed by atoms with Crippen LogP contribution in [0.1, 0.15) is 31.7 Å². The van der Waals surface area contributed by atoms with Crippen LogP contribution < -0.4 is 0 Å². The maximum atomic E-state index is 12.8. The van der Waals surface area contributed by atoms with E-state index in [0.717, 1.165) is 5.56 Å². The summed E-state index contributed by atoms with van der Waals surface area (Å²) in [5, 5.41) is 9.36. The molecule has 3 aromatic rings. The number of nitrogens with zero attached hydrogens (tertiary/aromatic N) is 3. The number of aryl methyl sites for hydroxylation is 1. The molecule has 28 heavy (non-hydrogen) atoms. The Morgan fingerprint density at radius 3 is 2.39 bits per heavy atom. The number of aromatic nitrogens is 2. The molecule has 5 nitrogen and oxygen atoms in total. The van der Waals surface area contributed by atoms with Gasteiger partial charge in [0.25, 0.3) is 0 Å². The van der Waals surface area contributed by atoms with Gasteiger partial charge in [-0.3, -0.25) is 4.79 Å². The van der Waals surface area contributed by atoms with E-state index in [1.807, 2.05) is 56.3 Å². The van der Waals surface area contributed by atoms with Crippen LogP contribution in [0.5, 0.6) is 0 Å². The minimum atomic E-state index is -0.00518. The lowest BCUT2D eigenvalue weighted by Gasteiger charge is -2.25. The number of halogens is 2. The van der Waals surface area contributed by atoms with E-state index in [1.54, 1.807) is 11.0 Å². The van der Waals surface area contributed by atoms with Crippen LogP contribution in [0.4, 0.5) is 0 Å². The summed E-state index contributed by atoms with van der Waals surface area (Å²) >= 11 is 12.4. The zero-order valence-corrected chi connectivity index (χ0v) is 17.2. The zero-order valence-electron chi connectivity index (χ0n) is 15.7. The smallest absolute Gasteiger partial charge is 0.249 e. The maximum absolute atomic E-state index is 12.8. The third-order valence-electron chi connectivity index (χ3n) is 4.39. The Bertz CT molecular complexity index is 956. The van der Waals surface area contributed by atoms with Gasteiger partial charge in [0.05, 0.1) is 17.1 Å². The Labute approximate surface area is 174 Å². The molecule has 1 aromatic heterocycles. The molecule has 0 saturated carbocycles. The van der Waals surface area contributed by atoms with Crippen molar-refractivity contribution in [2.75, 3.05) is 0 Å². The van der Waals surface area contributed by atoms with Gasteiger partial charge in [0, 0.05) is 17.5 Å². The third kappa shape index (κ3) is 4.91. The van der Waals surface area contributed by atoms with Crippen LogP contribution in [-0.2, 0) is 17.8 Å². The van der Waals surface area contributed by atoms with E-state index in [9.17, 15) is 4.79 Å². The highest BCUT2D eigenvalue weighted by Crippen LogP contribution is 2.26. The lowest BCUT2D eigenvalue weighted by molar-refractivity contribution is -0.133. The Balaban J connectivity index is 1.69. The van der Waals surface area contributed by atoms with Crippen LogP contribution in [-0.4, -0.2) is 27.0 Å². The maximum Gasteiger partial charge on any atom is 0.249 e. The van der Waals surface area contributed by atoms with Gasteiger partial charge < -0.3 is 9.32 Å². The monoisotopic (exact) mass is 417 g/mol. The molecule has 2 aromatic carbocycles. The largest absolute Gasteiger partial charge is 0.419 e. The lowest BCUT2D eigenvalue weighted by Crippen LogP contribution is -2.36. The molecule has 0 N–H and O–H groups in total. The van der Waals surface area contributed by atoms with Crippen LogP contribution in [0, 0.1) is 0 Å². The van der Waals surface area contributed by atoms with Gasteiger partial charge in [-0.25, -0.2) is 0 Å². The highest BCUT2D eigenvalue weighted by atomic mass is 35.5. The van der Waals surface area contributed by atoms with Gasteiger partial charge in [0.1, 0.15) is 0 Å². The lowest BCUT2D eigenvalue weighted by atomic mass is 10.1. The molecule has 0 atom stereocenters. The normalized spacial score (nSPS) is 11.0. The van der Waals surface area contributed by atoms with E-state index >= 15 is 0 Å². The summed E-state index contributed by atoms with van der Waals surface area (Å²) in [7, 11) is 0. The summed E-state index contributed by atoms with van der Waals surface area (Å²) in [5.41, 5.74) is 1.63. The topological polar surface area (TPSA) is 59.2 Å². The predicted molar refractivity (Wildman–Crippen MR) is 110 cm³/mol. The van der Waals surface area contributed by atoms with Crippen molar-refractivity contribution in [3.8, 4) is 11.5 Å². The second kappa shape index (κ2) is 9.22. The van der Waals surface area contributed by atoms with Gasteiger partial charge in [0.15, 0.2) is 0 Å². The molecule has 146 valence electrons. The van der Waals surface area contributed by atoms with Gasteiger partial charge in [-0.15, -0.1) is 10.2 Å². The quantitative estimate of drug-likeness (QED) is 0.515. The van der Waals surface area contributed by atoms with Crippen LogP contribution in [0.25, 0.3) is 11.5 Å². The Morgan fingerprint density at radius 2 is 1.71 bits per heavy atom. The fourth-order valence-corrected chi connectivity index (χ4v) is 3.30. The first-order chi connectivity index (χ1) is 13.5. The number of hydrogen-bond donors (Lipinski definition) is 0. The molecule has 0 aliphatic rings. The molecule has 0 fully saturated rings. The number of amides is 1. The average Bonchev–Trinajstić information content (AvgIpc) is 3.14. The molecule has 0 unspecified atom stereocenters. The van der Waals surface area contributed by atoms with Crippen LogP contribution in [0.2, 0.25) is 10.0 Å². The van der Waals surface area contributed by atoms with Gasteiger partial charge in [-0.2, -0.15) is 0 Å². The van der Waals surface area contributed by atoms with Gasteiger partial charge in [0.2, 0.25) is 17.7 Å². The summed E-state index contributed by atoms with van der Waals surface area (Å²) in [6.07, 6.45) is 0.934. The molecular formula is C21H21Cl2N3O2. The highest BCUT2D eigenvalue weighted by Gasteiger charge is 2.21. The van der Waals surface area contributed by atoms with Crippen molar-refractivity contribution in [3.05, 3.63) is 70.0 Å². The Morgan fingerprint density at radius 1 is 1.04 bits per heavy atom. The number of carbonyl (C=O) groups excluding carboxylic acids is 1. The molecular weight excluding hydrogens is 397 g/mol. The molecule has 0 saturated heterocycles. The summed E-state index contributed by atoms with van der Waals surface area (Å²) in [5.74, 6) is 0.718. The fourth-order valence-electron chi connectivity index (χ4n) is 2.85. The van der Waals surface area contributed by atoms with Crippen molar-refractivity contribution in [2.45, 2.75) is 39.3 Å². The van der Waals surface area contributed by atoms with Crippen molar-refractivity contribution >= 4 is 29.1 Å². The highest BCUT2D eigenvalue weighted by molar-refractivity contribution is 6.33. The number of rotatable bonds is 7. The van der Waals surface area contributed by atoms with E-state index in [4.69, 9.17) is 27.6 Å². The number of carbonyl (C=O) groups is 1. The predicted octanol–water partition coefficient (Wildman–Crippen LogP) is 5.41. The molecule has 0 radical (unpaired) electrons. The van der Waals surface area contributed by atoms with Gasteiger partial charge >= 0.3 is 0 Å². The number of benzene rings is 2. The second-order valence-electron chi connectivity index (χ2n) is 6.69. The van der Waals surface area contributed by atoms with Gasteiger partial charge in [-0.1, -0.05) is 53.5 Å². The fraction of sp³-hybridized carbons (Fsp3) is 0.286. The van der Waals surface area contributed by atoms with Crippen LogP contribution in [0.3, 0.4) is 0 Å². The third-order valence-corrected chi connectivity index (χ3v) is 5.08. The minimum absolute atomic E-state index is 0.00518. The van der Waals surface area contributed by atoms with Crippen LogP contribution >= 0.6 is 23.2 Å². The Hall–Kier alpha value is -2.37. The van der Waals surface area contributed by atoms with Crippen molar-refractivity contribution < 1.29 is 9.21 Å². The average molecular weight is 418 g/mol. The van der Waals surface area contributed by atoms with Gasteiger partial charge in [-0.05, 0) is 44.0 Å². The van der Waals surface area contributed by atoms with Crippen molar-refractivity contribution in [1.29, 1.82) is 0 Å². The van der Waals surface area contributed by atoms with E-state index in [1.165, 1.54) is 0 Å². The number of hydrogen-bond acceptors (Lipinski definition) is 4. The van der Waals surface area contributed by atoms with E-state index in [-0.39, 0.29) is 18.5 Å². The standard InChI is InChI=1S/C21H21Cl2N3O2/c1-14(2)26(20(27)12-11-15-7-3-5-9-17(15)22)13-19-24-25-21(28-19)16-8-4-6-10-18(16)23/h3-10,14H,11-13H2,1-2H3. The van der Waals surface area contributed by atoms with E-state index in [2.05, 4.69) is 10.2 Å². The summed E-state index contributed by atoms with van der Waals surface area (Å²) < 4.78 is 5.74. The first-order valence-corrected chi connectivity index (χ1v) is 9.81. The van der Waals surface area contributed by atoms with Crippen molar-refractivity contribution in [3.63, 3.8) is 0 Å². The first-order valence-electron chi connectivity index (χ1n) is 9.06. The molecule has 0 aliphatic heterocycles. The molecule has 1 heterocycles. The second-order valence-corrected chi connectivity index (χ2v) is 7.50. The molecule has 0 bridgehead atoms. The van der Waals surface area contributed by atoms with Crippen molar-refractivity contribution in [2.24, 2.45) is 0 Å². The first kappa shape index (κ1) is 20.4. The molecule has 1 amide bonds. The SMILES string of the molecule is CC(C)N(Cc1nnc(-c2ccccc2Cl)o1)C(=O)CCc1ccccc1Cl. The minimum Gasteiger partial charge on any atom is -0.419 e. The molecule has 0 spiro atoms. The van der Waals surface area contributed by atoms with E-state index < -0.39 is 0 Å². The van der Waals surface area contributed by atoms with E-state index in [0.29, 0.717) is 40.2 Å². The molecule has 7 heteroatoms. The zero-order chi connectivity index (χ0) is 20.1. The van der Waals surface area contributed by atoms with Crippen molar-refractivity contribution in [1.82, 2.24) is 15.1 Å². The molecule has 0 aliphatic carbocycles. The summed E-state index contributed by atoms with van der Waals surface area (Å²) in [6, 6.07) is 14.8.